The molecule has 0 saturated heterocycles. The number of benzene rings is 1. The molecule has 0 saturated carbocycles. The Balaban J connectivity index is 2.54. The minimum atomic E-state index is -0.785. The number of likely N-dealkylation sites (N-methyl/N-ethyl adjacent to an activating group) is 1. The van der Waals surface area contributed by atoms with E-state index in [-0.39, 0.29) is 0 Å². The highest BCUT2D eigenvalue weighted by molar-refractivity contribution is 5.78. The van der Waals surface area contributed by atoms with Crippen molar-refractivity contribution in [1.82, 2.24) is 5.32 Å². The molecule has 2 N–H and O–H groups in total. The molecule has 1 rings (SSSR count). The van der Waals surface area contributed by atoms with E-state index in [1.165, 1.54) is 0 Å². The van der Waals surface area contributed by atoms with Gasteiger partial charge in [-0.1, -0.05) is 32.0 Å². The first kappa shape index (κ1) is 16.5. The van der Waals surface area contributed by atoms with E-state index in [0.29, 0.717) is 19.4 Å². The minimum Gasteiger partial charge on any atom is -0.480 e. The molecule has 0 amide bonds. The van der Waals surface area contributed by atoms with E-state index in [2.05, 4.69) is 22.3 Å². The number of carbonyl (C=O) groups is 1. The van der Waals surface area contributed by atoms with Crippen LogP contribution in [0.3, 0.4) is 0 Å². The van der Waals surface area contributed by atoms with Gasteiger partial charge < -0.3 is 15.3 Å². The third kappa shape index (κ3) is 4.23. The first-order valence-corrected chi connectivity index (χ1v) is 7.30. The van der Waals surface area contributed by atoms with Gasteiger partial charge in [0.25, 0.3) is 0 Å². The van der Waals surface area contributed by atoms with Crippen LogP contribution in [0.15, 0.2) is 30.3 Å². The van der Waals surface area contributed by atoms with Crippen molar-refractivity contribution < 1.29 is 9.90 Å². The van der Waals surface area contributed by atoms with Gasteiger partial charge in [-0.2, -0.15) is 0 Å². The highest BCUT2D eigenvalue weighted by atomic mass is 16.4. The number of nitrogens with one attached hydrogen (secondary N) is 1. The summed E-state index contributed by atoms with van der Waals surface area (Å²) in [6.07, 6.45) is 2.09. The Morgan fingerprint density at radius 3 is 2.45 bits per heavy atom. The van der Waals surface area contributed by atoms with E-state index in [1.807, 2.05) is 39.1 Å². The Morgan fingerprint density at radius 2 is 1.95 bits per heavy atom. The Bertz CT molecular complexity index is 408. The zero-order valence-electron chi connectivity index (χ0n) is 12.7. The summed E-state index contributed by atoms with van der Waals surface area (Å²) in [7, 11) is 2.04. The van der Waals surface area contributed by atoms with Gasteiger partial charge in [-0.05, 0) is 37.9 Å². The van der Waals surface area contributed by atoms with Crippen molar-refractivity contribution in [3.8, 4) is 0 Å². The number of hydrogen-bond acceptors (Lipinski definition) is 3. The molecule has 112 valence electrons. The lowest BCUT2D eigenvalue weighted by Gasteiger charge is -2.30. The second-order valence-electron chi connectivity index (χ2n) is 5.13. The monoisotopic (exact) mass is 278 g/mol. The number of carboxylic acid groups (broad SMARTS) is 1. The number of carboxylic acids is 1. The predicted octanol–water partition coefficient (Wildman–Crippen LogP) is 2.75. The molecular weight excluding hydrogens is 252 g/mol. The third-order valence-electron chi connectivity index (χ3n) is 3.82. The highest BCUT2D eigenvalue weighted by Crippen LogP contribution is 2.19. The lowest BCUT2D eigenvalue weighted by Crippen LogP contribution is -2.51. The van der Waals surface area contributed by atoms with Gasteiger partial charge in [0, 0.05) is 19.3 Å². The van der Waals surface area contributed by atoms with Crippen molar-refractivity contribution in [1.29, 1.82) is 0 Å². The quantitative estimate of drug-likeness (QED) is 0.729. The van der Waals surface area contributed by atoms with Gasteiger partial charge >= 0.3 is 5.97 Å². The molecule has 1 atom stereocenters. The minimum absolute atomic E-state index is 0.602. The van der Waals surface area contributed by atoms with E-state index in [1.54, 1.807) is 0 Å². The first-order chi connectivity index (χ1) is 9.55. The molecule has 0 spiro atoms. The fourth-order valence-corrected chi connectivity index (χ4v) is 2.49. The second-order valence-corrected chi connectivity index (χ2v) is 5.13. The molecular formula is C16H26N2O2. The largest absolute Gasteiger partial charge is 0.480 e. The van der Waals surface area contributed by atoms with E-state index in [0.717, 1.165) is 18.7 Å². The van der Waals surface area contributed by atoms with Gasteiger partial charge in [0.1, 0.15) is 5.54 Å². The summed E-state index contributed by atoms with van der Waals surface area (Å²) in [4.78, 5) is 13.7. The molecule has 0 fully saturated rings. The number of nitrogens with zero attached hydrogens (tertiary/aromatic N) is 1. The zero-order valence-corrected chi connectivity index (χ0v) is 12.7. The van der Waals surface area contributed by atoms with Gasteiger partial charge in [0.2, 0.25) is 0 Å². The zero-order chi connectivity index (χ0) is 15.0. The van der Waals surface area contributed by atoms with E-state index < -0.39 is 11.5 Å². The molecule has 1 aromatic carbocycles. The van der Waals surface area contributed by atoms with Crippen LogP contribution in [-0.2, 0) is 4.79 Å². The lowest BCUT2D eigenvalue weighted by atomic mass is 9.90. The van der Waals surface area contributed by atoms with Gasteiger partial charge in [-0.3, -0.25) is 4.79 Å². The standard InChI is InChI=1S/C16H26N2O2/c1-4-16(15(19)20,17-5-2)12-9-13-18(3)14-10-7-6-8-11-14/h6-8,10-11,17H,4-5,9,12-13H2,1-3H3,(H,19,20). The van der Waals surface area contributed by atoms with Crippen molar-refractivity contribution in [2.24, 2.45) is 0 Å². The normalized spacial score (nSPS) is 13.8. The van der Waals surface area contributed by atoms with Gasteiger partial charge in [0.15, 0.2) is 0 Å². The summed E-state index contributed by atoms with van der Waals surface area (Å²) in [6, 6.07) is 10.1. The Morgan fingerprint density at radius 1 is 1.30 bits per heavy atom. The Hall–Kier alpha value is -1.55. The van der Waals surface area contributed by atoms with Crippen LogP contribution < -0.4 is 10.2 Å². The molecule has 0 heterocycles. The van der Waals surface area contributed by atoms with E-state index in [4.69, 9.17) is 0 Å². The van der Waals surface area contributed by atoms with Crippen molar-refractivity contribution in [3.63, 3.8) is 0 Å². The van der Waals surface area contributed by atoms with Crippen molar-refractivity contribution in [2.45, 2.75) is 38.6 Å². The van der Waals surface area contributed by atoms with E-state index in [9.17, 15) is 9.90 Å². The van der Waals surface area contributed by atoms with Crippen LogP contribution in [0, 0.1) is 0 Å². The van der Waals surface area contributed by atoms with Gasteiger partial charge in [-0.15, -0.1) is 0 Å². The molecule has 0 aliphatic rings. The maximum absolute atomic E-state index is 11.5. The van der Waals surface area contributed by atoms with Gasteiger partial charge in [0.05, 0.1) is 0 Å². The molecule has 0 aliphatic heterocycles. The van der Waals surface area contributed by atoms with Gasteiger partial charge in [-0.25, -0.2) is 0 Å². The maximum Gasteiger partial charge on any atom is 0.323 e. The summed E-state index contributed by atoms with van der Waals surface area (Å²) in [5.41, 5.74) is 0.375. The molecule has 1 unspecified atom stereocenters. The average molecular weight is 278 g/mol. The second kappa shape index (κ2) is 7.90. The number of anilines is 1. The Labute approximate surface area is 121 Å². The number of aliphatic carboxylic acids is 1. The molecule has 0 radical (unpaired) electrons. The molecule has 0 bridgehead atoms. The predicted molar refractivity (Wildman–Crippen MR) is 83.3 cm³/mol. The SMILES string of the molecule is CCNC(CC)(CCCN(C)c1ccccc1)C(=O)O. The summed E-state index contributed by atoms with van der Waals surface area (Å²) in [5, 5.41) is 12.6. The first-order valence-electron chi connectivity index (χ1n) is 7.30. The fraction of sp³-hybridized carbons (Fsp3) is 0.562. The lowest BCUT2D eigenvalue weighted by molar-refractivity contribution is -0.145. The summed E-state index contributed by atoms with van der Waals surface area (Å²) in [6.45, 7) is 5.40. The van der Waals surface area contributed by atoms with Crippen LogP contribution in [0.25, 0.3) is 0 Å². The third-order valence-corrected chi connectivity index (χ3v) is 3.82. The molecule has 0 aromatic heterocycles. The Kier molecular flexibility index (Phi) is 6.52. The fourth-order valence-electron chi connectivity index (χ4n) is 2.49. The molecule has 1 aromatic rings. The van der Waals surface area contributed by atoms with Crippen LogP contribution in [-0.4, -0.2) is 36.8 Å². The van der Waals surface area contributed by atoms with Crippen LogP contribution in [0.5, 0.6) is 0 Å². The smallest absolute Gasteiger partial charge is 0.323 e. The van der Waals surface area contributed by atoms with Crippen molar-refractivity contribution in [3.05, 3.63) is 30.3 Å². The summed E-state index contributed by atoms with van der Waals surface area (Å²) >= 11 is 0. The maximum atomic E-state index is 11.5. The van der Waals surface area contributed by atoms with Crippen LogP contribution in [0.2, 0.25) is 0 Å². The number of hydrogen-bond donors (Lipinski definition) is 2. The van der Waals surface area contributed by atoms with Crippen molar-refractivity contribution in [2.75, 3.05) is 25.0 Å². The highest BCUT2D eigenvalue weighted by Gasteiger charge is 2.34. The number of rotatable bonds is 9. The summed E-state index contributed by atoms with van der Waals surface area (Å²) in [5.74, 6) is -0.746. The topological polar surface area (TPSA) is 52.6 Å². The molecule has 4 heteroatoms. The van der Waals surface area contributed by atoms with E-state index >= 15 is 0 Å². The van der Waals surface area contributed by atoms with Crippen LogP contribution in [0.1, 0.15) is 33.1 Å². The molecule has 0 aliphatic carbocycles. The van der Waals surface area contributed by atoms with Crippen molar-refractivity contribution >= 4 is 11.7 Å². The average Bonchev–Trinajstić information content (AvgIpc) is 2.46. The molecule has 20 heavy (non-hydrogen) atoms. The van der Waals surface area contributed by atoms with Crippen LogP contribution >= 0.6 is 0 Å². The van der Waals surface area contributed by atoms with Crippen LogP contribution in [0.4, 0.5) is 5.69 Å². The molecule has 4 nitrogen and oxygen atoms in total. The summed E-state index contributed by atoms with van der Waals surface area (Å²) < 4.78 is 0. The number of para-hydroxylation sites is 1.